The normalized spacial score (nSPS) is 11.5. The Bertz CT molecular complexity index is 1260. The molecule has 5 nitrogen and oxygen atoms in total. The van der Waals surface area contributed by atoms with Crippen LogP contribution >= 0.6 is 11.3 Å². The molecule has 32 heavy (non-hydrogen) atoms. The molecule has 2 aromatic carbocycles. The van der Waals surface area contributed by atoms with Crippen molar-refractivity contribution >= 4 is 39.0 Å². The second-order valence-corrected chi connectivity index (χ2v) is 8.03. The molecule has 0 saturated carbocycles. The first-order valence-electron chi connectivity index (χ1n) is 9.72. The molecule has 0 radical (unpaired) electrons. The van der Waals surface area contributed by atoms with Gasteiger partial charge in [0.15, 0.2) is 0 Å². The number of carbonyl (C=O) groups excluding carboxylic acids is 1. The van der Waals surface area contributed by atoms with Gasteiger partial charge in [-0.1, -0.05) is 36.4 Å². The molecule has 0 bridgehead atoms. The van der Waals surface area contributed by atoms with Gasteiger partial charge in [0.1, 0.15) is 21.9 Å². The van der Waals surface area contributed by atoms with Gasteiger partial charge in [-0.3, -0.25) is 0 Å². The van der Waals surface area contributed by atoms with Gasteiger partial charge in [0.05, 0.1) is 17.6 Å². The van der Waals surface area contributed by atoms with Crippen LogP contribution < -0.4 is 5.32 Å². The number of rotatable bonds is 6. The van der Waals surface area contributed by atoms with Crippen molar-refractivity contribution in [1.82, 2.24) is 9.97 Å². The molecule has 0 atom stereocenters. The van der Waals surface area contributed by atoms with Crippen molar-refractivity contribution in [1.29, 1.82) is 0 Å². The lowest BCUT2D eigenvalue weighted by molar-refractivity contribution is -0.137. The summed E-state index contributed by atoms with van der Waals surface area (Å²) < 4.78 is 44.5. The number of aryl methyl sites for hydroxylation is 1. The predicted octanol–water partition coefficient (Wildman–Crippen LogP) is 6.16. The van der Waals surface area contributed by atoms with Crippen LogP contribution in [0.3, 0.4) is 0 Å². The fourth-order valence-electron chi connectivity index (χ4n) is 3.24. The van der Waals surface area contributed by atoms with Gasteiger partial charge in [-0.2, -0.15) is 13.2 Å². The number of esters is 1. The first kappa shape index (κ1) is 21.8. The number of fused-ring (bicyclic) bond motifs is 1. The van der Waals surface area contributed by atoms with Crippen molar-refractivity contribution in [2.75, 3.05) is 11.9 Å². The van der Waals surface area contributed by atoms with Crippen LogP contribution in [0.25, 0.3) is 10.2 Å². The fraction of sp³-hybridized carbons (Fsp3) is 0.174. The van der Waals surface area contributed by atoms with Gasteiger partial charge in [0.25, 0.3) is 0 Å². The lowest BCUT2D eigenvalue weighted by Gasteiger charge is -2.11. The van der Waals surface area contributed by atoms with Gasteiger partial charge < -0.3 is 10.1 Å². The Morgan fingerprint density at radius 1 is 1.09 bits per heavy atom. The number of thiophene rings is 1. The minimum Gasteiger partial charge on any atom is -0.461 e. The Balaban J connectivity index is 1.55. The van der Waals surface area contributed by atoms with Crippen LogP contribution in [0.2, 0.25) is 0 Å². The monoisotopic (exact) mass is 457 g/mol. The molecule has 2 aromatic heterocycles. The zero-order valence-electron chi connectivity index (χ0n) is 16.9. The van der Waals surface area contributed by atoms with E-state index in [2.05, 4.69) is 15.3 Å². The molecule has 4 rings (SSSR count). The number of ether oxygens (including phenoxy) is 1. The number of anilines is 2. The summed E-state index contributed by atoms with van der Waals surface area (Å²) in [7, 11) is 0. The van der Waals surface area contributed by atoms with Crippen molar-refractivity contribution in [3.63, 3.8) is 0 Å². The van der Waals surface area contributed by atoms with Crippen LogP contribution in [0.1, 0.15) is 26.4 Å². The molecular weight excluding hydrogens is 439 g/mol. The number of carbonyl (C=O) groups is 1. The third kappa shape index (κ3) is 4.72. The van der Waals surface area contributed by atoms with Gasteiger partial charge in [-0.25, -0.2) is 14.8 Å². The maximum Gasteiger partial charge on any atom is 0.416 e. The standard InChI is InChI=1S/C23H18F3N3O2S/c1-14-18-20(29-17-9-5-8-16(12-17)23(24,25)26)27-13-28-21(18)32-19(14)22(30)31-11-10-15-6-3-2-4-7-15/h2-9,12-13H,10-11H2,1H3,(H,27,28,29). The summed E-state index contributed by atoms with van der Waals surface area (Å²) in [5, 5.41) is 3.49. The zero-order valence-corrected chi connectivity index (χ0v) is 17.8. The molecule has 1 N–H and O–H groups in total. The molecule has 0 aliphatic rings. The molecule has 0 aliphatic heterocycles. The van der Waals surface area contributed by atoms with E-state index in [9.17, 15) is 18.0 Å². The highest BCUT2D eigenvalue weighted by molar-refractivity contribution is 7.20. The van der Waals surface area contributed by atoms with E-state index in [1.807, 2.05) is 30.3 Å². The molecule has 9 heteroatoms. The van der Waals surface area contributed by atoms with E-state index in [1.54, 1.807) is 6.92 Å². The topological polar surface area (TPSA) is 64.1 Å². The fourth-order valence-corrected chi connectivity index (χ4v) is 4.29. The van der Waals surface area contributed by atoms with E-state index in [-0.39, 0.29) is 12.3 Å². The summed E-state index contributed by atoms with van der Waals surface area (Å²) in [6.07, 6.45) is -2.55. The Kier molecular flexibility index (Phi) is 6.09. The average molecular weight is 457 g/mol. The summed E-state index contributed by atoms with van der Waals surface area (Å²) in [6.45, 7) is 1.98. The SMILES string of the molecule is Cc1c(C(=O)OCCc2ccccc2)sc2ncnc(Nc3cccc(C(F)(F)F)c3)c12. The molecular formula is C23H18F3N3O2S. The summed E-state index contributed by atoms with van der Waals surface area (Å²) in [5.74, 6) is -0.141. The molecule has 2 heterocycles. The molecule has 0 fully saturated rings. The van der Waals surface area contributed by atoms with Crippen molar-refractivity contribution in [2.45, 2.75) is 19.5 Å². The van der Waals surface area contributed by atoms with Gasteiger partial charge >= 0.3 is 12.1 Å². The summed E-state index contributed by atoms with van der Waals surface area (Å²) in [4.78, 5) is 22.0. The summed E-state index contributed by atoms with van der Waals surface area (Å²) in [5.41, 5.74) is 1.14. The highest BCUT2D eigenvalue weighted by atomic mass is 32.1. The van der Waals surface area contributed by atoms with Crippen molar-refractivity contribution < 1.29 is 22.7 Å². The molecule has 0 amide bonds. The molecule has 0 spiro atoms. The molecule has 0 unspecified atom stereocenters. The maximum absolute atomic E-state index is 13.0. The molecule has 164 valence electrons. The lowest BCUT2D eigenvalue weighted by Crippen LogP contribution is -2.08. The number of aromatic nitrogens is 2. The summed E-state index contributed by atoms with van der Waals surface area (Å²) >= 11 is 1.16. The van der Waals surface area contributed by atoms with Gasteiger partial charge in [0, 0.05) is 12.1 Å². The van der Waals surface area contributed by atoms with Gasteiger partial charge in [-0.15, -0.1) is 11.3 Å². The number of alkyl halides is 3. The summed E-state index contributed by atoms with van der Waals surface area (Å²) in [6, 6.07) is 14.5. The van der Waals surface area contributed by atoms with E-state index in [4.69, 9.17) is 4.74 Å². The highest BCUT2D eigenvalue weighted by Gasteiger charge is 2.30. The lowest BCUT2D eigenvalue weighted by atomic mass is 10.1. The Morgan fingerprint density at radius 3 is 2.62 bits per heavy atom. The zero-order chi connectivity index (χ0) is 22.7. The molecule has 0 saturated heterocycles. The predicted molar refractivity (Wildman–Crippen MR) is 117 cm³/mol. The minimum absolute atomic E-state index is 0.234. The van der Waals surface area contributed by atoms with Gasteiger partial charge in [-0.05, 0) is 36.2 Å². The maximum atomic E-state index is 13.0. The van der Waals surface area contributed by atoms with Crippen LogP contribution in [0.4, 0.5) is 24.7 Å². The number of nitrogens with one attached hydrogen (secondary N) is 1. The van der Waals surface area contributed by atoms with Crippen LogP contribution in [-0.2, 0) is 17.3 Å². The molecule has 4 aromatic rings. The molecule has 0 aliphatic carbocycles. The van der Waals surface area contributed by atoms with Crippen molar-refractivity contribution in [3.8, 4) is 0 Å². The van der Waals surface area contributed by atoms with E-state index in [0.29, 0.717) is 32.9 Å². The van der Waals surface area contributed by atoms with Crippen molar-refractivity contribution in [3.05, 3.63) is 82.5 Å². The number of hydrogen-bond donors (Lipinski definition) is 1. The van der Waals surface area contributed by atoms with E-state index in [0.717, 1.165) is 29.0 Å². The largest absolute Gasteiger partial charge is 0.461 e. The number of nitrogens with zero attached hydrogens (tertiary/aromatic N) is 2. The van der Waals surface area contributed by atoms with Crippen LogP contribution in [0.15, 0.2) is 60.9 Å². The quantitative estimate of drug-likeness (QED) is 0.351. The third-order valence-electron chi connectivity index (χ3n) is 4.83. The smallest absolute Gasteiger partial charge is 0.416 e. The third-order valence-corrected chi connectivity index (χ3v) is 6.01. The Hall–Kier alpha value is -3.46. The second-order valence-electron chi connectivity index (χ2n) is 7.03. The van der Waals surface area contributed by atoms with Crippen molar-refractivity contribution in [2.24, 2.45) is 0 Å². The number of benzene rings is 2. The van der Waals surface area contributed by atoms with E-state index in [1.165, 1.54) is 18.5 Å². The Labute approximate surface area is 185 Å². The highest BCUT2D eigenvalue weighted by Crippen LogP contribution is 2.36. The van der Waals surface area contributed by atoms with E-state index >= 15 is 0 Å². The van der Waals surface area contributed by atoms with Crippen LogP contribution in [-0.4, -0.2) is 22.5 Å². The van der Waals surface area contributed by atoms with Gasteiger partial charge in [0.2, 0.25) is 0 Å². The van der Waals surface area contributed by atoms with Crippen LogP contribution in [0, 0.1) is 6.92 Å². The first-order chi connectivity index (χ1) is 15.3. The number of hydrogen-bond acceptors (Lipinski definition) is 6. The van der Waals surface area contributed by atoms with E-state index < -0.39 is 17.7 Å². The average Bonchev–Trinajstić information content (AvgIpc) is 3.12. The van der Waals surface area contributed by atoms with Crippen LogP contribution in [0.5, 0.6) is 0 Å². The number of halogens is 3. The minimum atomic E-state index is -4.45. The first-order valence-corrected chi connectivity index (χ1v) is 10.5. The second kappa shape index (κ2) is 8.96. The Morgan fingerprint density at radius 2 is 1.88 bits per heavy atom.